The normalized spacial score (nSPS) is 10.9. The number of rotatable bonds is 14. The number of nitrogens with one attached hydrogen (secondary N) is 1. The SMILES string of the molecule is CCOCCOc1ccc(-c2cc(CNc3ccc(CCC(=O)O)cc3)ccc2OC(C)C)cc1. The average Bonchev–Trinajstić information content (AvgIpc) is 2.85. The fourth-order valence-electron chi connectivity index (χ4n) is 3.61. The quantitative estimate of drug-likeness (QED) is 0.270. The largest absolute Gasteiger partial charge is 0.491 e. The Hall–Kier alpha value is -3.51. The molecule has 0 aliphatic heterocycles. The van der Waals surface area contributed by atoms with Crippen LogP contribution in [0.1, 0.15) is 38.3 Å². The van der Waals surface area contributed by atoms with Gasteiger partial charge >= 0.3 is 5.97 Å². The van der Waals surface area contributed by atoms with Gasteiger partial charge in [-0.05, 0) is 80.3 Å². The number of hydrogen-bond donors (Lipinski definition) is 2. The summed E-state index contributed by atoms with van der Waals surface area (Å²) < 4.78 is 17.2. The van der Waals surface area contributed by atoms with Crippen molar-refractivity contribution in [3.63, 3.8) is 0 Å². The van der Waals surface area contributed by atoms with Crippen LogP contribution in [0.3, 0.4) is 0 Å². The first-order valence-corrected chi connectivity index (χ1v) is 12.1. The van der Waals surface area contributed by atoms with E-state index in [0.29, 0.717) is 32.8 Å². The number of aryl methyl sites for hydroxylation is 1. The van der Waals surface area contributed by atoms with E-state index in [1.807, 2.05) is 75.4 Å². The Morgan fingerprint density at radius 3 is 2.31 bits per heavy atom. The van der Waals surface area contributed by atoms with Gasteiger partial charge in [0, 0.05) is 30.8 Å². The van der Waals surface area contributed by atoms with Gasteiger partial charge in [-0.25, -0.2) is 0 Å². The predicted octanol–water partition coefficient (Wildman–Crippen LogP) is 6.19. The summed E-state index contributed by atoms with van der Waals surface area (Å²) >= 11 is 0. The molecule has 0 aliphatic carbocycles. The molecule has 0 saturated carbocycles. The van der Waals surface area contributed by atoms with Gasteiger partial charge in [-0.3, -0.25) is 4.79 Å². The van der Waals surface area contributed by atoms with E-state index < -0.39 is 5.97 Å². The van der Waals surface area contributed by atoms with E-state index in [4.69, 9.17) is 19.3 Å². The Morgan fingerprint density at radius 1 is 0.943 bits per heavy atom. The highest BCUT2D eigenvalue weighted by molar-refractivity contribution is 5.72. The number of ether oxygens (including phenoxy) is 3. The first kappa shape index (κ1) is 26.1. The van der Waals surface area contributed by atoms with E-state index in [1.165, 1.54) is 0 Å². The topological polar surface area (TPSA) is 77.0 Å². The van der Waals surface area contributed by atoms with Crippen molar-refractivity contribution in [2.45, 2.75) is 46.3 Å². The molecular formula is C29H35NO5. The number of benzene rings is 3. The molecular weight excluding hydrogens is 442 g/mol. The summed E-state index contributed by atoms with van der Waals surface area (Å²) in [6, 6.07) is 22.2. The van der Waals surface area contributed by atoms with E-state index in [2.05, 4.69) is 17.4 Å². The Bertz CT molecular complexity index is 1060. The lowest BCUT2D eigenvalue weighted by Crippen LogP contribution is -2.07. The molecule has 0 fully saturated rings. The number of anilines is 1. The highest BCUT2D eigenvalue weighted by atomic mass is 16.5. The van der Waals surface area contributed by atoms with E-state index in [1.54, 1.807) is 0 Å². The van der Waals surface area contributed by atoms with Crippen molar-refractivity contribution in [2.75, 3.05) is 25.1 Å². The second-order valence-corrected chi connectivity index (χ2v) is 8.51. The third-order valence-electron chi connectivity index (χ3n) is 5.35. The van der Waals surface area contributed by atoms with Crippen LogP contribution >= 0.6 is 0 Å². The van der Waals surface area contributed by atoms with Gasteiger partial charge in [0.1, 0.15) is 18.1 Å². The first-order valence-electron chi connectivity index (χ1n) is 12.1. The minimum Gasteiger partial charge on any atom is -0.491 e. The molecule has 0 heterocycles. The predicted molar refractivity (Wildman–Crippen MR) is 139 cm³/mol. The Labute approximate surface area is 207 Å². The van der Waals surface area contributed by atoms with Gasteiger partial charge in [0.05, 0.1) is 12.7 Å². The van der Waals surface area contributed by atoms with E-state index in [-0.39, 0.29) is 12.5 Å². The van der Waals surface area contributed by atoms with Crippen LogP contribution in [0.25, 0.3) is 11.1 Å². The van der Waals surface area contributed by atoms with E-state index in [0.717, 1.165) is 39.4 Å². The maximum Gasteiger partial charge on any atom is 0.303 e. The molecule has 6 nitrogen and oxygen atoms in total. The van der Waals surface area contributed by atoms with Crippen LogP contribution in [0, 0.1) is 0 Å². The van der Waals surface area contributed by atoms with Crippen LogP contribution in [-0.2, 0) is 22.5 Å². The lowest BCUT2D eigenvalue weighted by molar-refractivity contribution is -0.136. The average molecular weight is 478 g/mol. The monoisotopic (exact) mass is 477 g/mol. The van der Waals surface area contributed by atoms with Crippen LogP contribution in [0.2, 0.25) is 0 Å². The molecule has 3 aromatic rings. The summed E-state index contributed by atoms with van der Waals surface area (Å²) in [6.45, 7) is 8.45. The van der Waals surface area contributed by atoms with Gasteiger partial charge in [-0.15, -0.1) is 0 Å². The maximum absolute atomic E-state index is 10.8. The van der Waals surface area contributed by atoms with Gasteiger partial charge in [-0.2, -0.15) is 0 Å². The Balaban J connectivity index is 1.69. The van der Waals surface area contributed by atoms with Crippen molar-refractivity contribution in [2.24, 2.45) is 0 Å². The molecule has 3 aromatic carbocycles. The third kappa shape index (κ3) is 8.65. The summed E-state index contributed by atoms with van der Waals surface area (Å²) in [7, 11) is 0. The first-order chi connectivity index (χ1) is 16.9. The molecule has 0 bridgehead atoms. The molecule has 35 heavy (non-hydrogen) atoms. The molecule has 0 aliphatic rings. The molecule has 0 saturated heterocycles. The minimum absolute atomic E-state index is 0.0681. The van der Waals surface area contributed by atoms with Crippen LogP contribution in [0.5, 0.6) is 11.5 Å². The zero-order chi connectivity index (χ0) is 25.0. The molecule has 0 unspecified atom stereocenters. The highest BCUT2D eigenvalue weighted by Crippen LogP contribution is 2.33. The lowest BCUT2D eigenvalue weighted by Gasteiger charge is -2.17. The third-order valence-corrected chi connectivity index (χ3v) is 5.35. The van der Waals surface area contributed by atoms with Crippen molar-refractivity contribution in [3.8, 4) is 22.6 Å². The maximum atomic E-state index is 10.8. The zero-order valence-corrected chi connectivity index (χ0v) is 20.8. The molecule has 2 N–H and O–H groups in total. The van der Waals surface area contributed by atoms with Crippen molar-refractivity contribution >= 4 is 11.7 Å². The number of carboxylic acids is 1. The van der Waals surface area contributed by atoms with Gasteiger partial charge in [0.2, 0.25) is 0 Å². The van der Waals surface area contributed by atoms with Gasteiger partial charge in [-0.1, -0.05) is 30.3 Å². The van der Waals surface area contributed by atoms with Crippen molar-refractivity contribution in [1.29, 1.82) is 0 Å². The molecule has 186 valence electrons. The van der Waals surface area contributed by atoms with Crippen LogP contribution in [0.15, 0.2) is 66.7 Å². The van der Waals surface area contributed by atoms with Crippen LogP contribution in [-0.4, -0.2) is 37.0 Å². The fraction of sp³-hybridized carbons (Fsp3) is 0.345. The summed E-state index contributed by atoms with van der Waals surface area (Å²) in [5.41, 5.74) is 5.22. The van der Waals surface area contributed by atoms with Crippen LogP contribution < -0.4 is 14.8 Å². The number of aliphatic carboxylic acids is 1. The second kappa shape index (κ2) is 13.4. The van der Waals surface area contributed by atoms with E-state index in [9.17, 15) is 4.79 Å². The van der Waals surface area contributed by atoms with Gasteiger partial charge in [0.25, 0.3) is 0 Å². The van der Waals surface area contributed by atoms with Crippen molar-refractivity contribution in [1.82, 2.24) is 0 Å². The molecule has 0 radical (unpaired) electrons. The fourth-order valence-corrected chi connectivity index (χ4v) is 3.61. The Morgan fingerprint density at radius 2 is 1.66 bits per heavy atom. The lowest BCUT2D eigenvalue weighted by atomic mass is 10.0. The standard InChI is InChI=1S/C29H35NO5/c1-4-33-17-18-34-26-13-9-24(10-14-26)27-19-23(7-15-28(27)35-21(2)3)20-30-25-11-5-22(6-12-25)8-16-29(31)32/h5-7,9-15,19,21,30H,4,8,16-18,20H2,1-3H3,(H,31,32). The molecule has 0 amide bonds. The molecule has 0 aromatic heterocycles. The number of carbonyl (C=O) groups is 1. The molecule has 0 spiro atoms. The van der Waals surface area contributed by atoms with Gasteiger partial charge < -0.3 is 24.6 Å². The summed E-state index contributed by atoms with van der Waals surface area (Å²) in [5, 5.41) is 12.3. The second-order valence-electron chi connectivity index (χ2n) is 8.51. The molecule has 3 rings (SSSR count). The minimum atomic E-state index is -0.781. The van der Waals surface area contributed by atoms with Crippen molar-refractivity contribution < 1.29 is 24.1 Å². The van der Waals surface area contributed by atoms with Crippen LogP contribution in [0.4, 0.5) is 5.69 Å². The summed E-state index contributed by atoms with van der Waals surface area (Å²) in [5.74, 6) is 0.873. The highest BCUT2D eigenvalue weighted by Gasteiger charge is 2.10. The molecule has 6 heteroatoms. The molecule has 0 atom stereocenters. The summed E-state index contributed by atoms with van der Waals surface area (Å²) in [6.07, 6.45) is 0.742. The van der Waals surface area contributed by atoms with Gasteiger partial charge in [0.15, 0.2) is 0 Å². The number of hydrogen-bond acceptors (Lipinski definition) is 5. The summed E-state index contributed by atoms with van der Waals surface area (Å²) in [4.78, 5) is 10.8. The Kier molecular flexibility index (Phi) is 9.99. The van der Waals surface area contributed by atoms with Crippen molar-refractivity contribution in [3.05, 3.63) is 77.9 Å². The van der Waals surface area contributed by atoms with E-state index >= 15 is 0 Å². The smallest absolute Gasteiger partial charge is 0.303 e. The number of carboxylic acid groups (broad SMARTS) is 1. The zero-order valence-electron chi connectivity index (χ0n) is 20.8.